The summed E-state index contributed by atoms with van der Waals surface area (Å²) in [7, 11) is 0. The third-order valence-corrected chi connectivity index (χ3v) is 2.28. The topological polar surface area (TPSA) is 78.4 Å². The Labute approximate surface area is 101 Å². The second-order valence-electron chi connectivity index (χ2n) is 3.91. The number of rotatable bonds is 6. The molecular formula is C11H18N4O2. The molecule has 0 bridgehead atoms. The Kier molecular flexibility index (Phi) is 5.51. The summed E-state index contributed by atoms with van der Waals surface area (Å²) in [6, 6.07) is 1.88. The van der Waals surface area contributed by atoms with Crippen LogP contribution in [0.5, 0.6) is 0 Å². The molecule has 0 aliphatic rings. The molecule has 1 heterocycles. The van der Waals surface area contributed by atoms with E-state index < -0.39 is 0 Å². The molecule has 0 aromatic carbocycles. The standard InChI is InChI=1S/C11H18N4O2/c1-9(2)15(6-7-16)8-10(17)14-11-12-4-3-5-13-11/h3-5,9,16H,6-8H2,1-2H3,(H,12,13,14,17). The van der Waals surface area contributed by atoms with Gasteiger partial charge in [0.05, 0.1) is 13.2 Å². The molecule has 1 amide bonds. The Morgan fingerprint density at radius 3 is 2.65 bits per heavy atom. The van der Waals surface area contributed by atoms with E-state index in [1.165, 1.54) is 0 Å². The van der Waals surface area contributed by atoms with Crippen LogP contribution in [0.25, 0.3) is 0 Å². The van der Waals surface area contributed by atoms with E-state index in [4.69, 9.17) is 5.11 Å². The fourth-order valence-electron chi connectivity index (χ4n) is 1.36. The summed E-state index contributed by atoms with van der Waals surface area (Å²) >= 11 is 0. The van der Waals surface area contributed by atoms with Crippen LogP contribution in [0.4, 0.5) is 5.95 Å². The van der Waals surface area contributed by atoms with Gasteiger partial charge in [0.25, 0.3) is 0 Å². The molecule has 0 spiro atoms. The quantitative estimate of drug-likeness (QED) is 0.736. The highest BCUT2D eigenvalue weighted by Crippen LogP contribution is 1.99. The van der Waals surface area contributed by atoms with E-state index in [1.807, 2.05) is 18.7 Å². The van der Waals surface area contributed by atoms with Gasteiger partial charge in [-0.25, -0.2) is 9.97 Å². The lowest BCUT2D eigenvalue weighted by molar-refractivity contribution is -0.117. The maximum absolute atomic E-state index is 11.7. The highest BCUT2D eigenvalue weighted by molar-refractivity contribution is 5.90. The first kappa shape index (κ1) is 13.5. The largest absolute Gasteiger partial charge is 0.395 e. The van der Waals surface area contributed by atoms with E-state index in [9.17, 15) is 4.79 Å². The van der Waals surface area contributed by atoms with Crippen molar-refractivity contribution in [1.82, 2.24) is 14.9 Å². The zero-order chi connectivity index (χ0) is 12.7. The summed E-state index contributed by atoms with van der Waals surface area (Å²) in [5.74, 6) is 0.114. The highest BCUT2D eigenvalue weighted by atomic mass is 16.3. The van der Waals surface area contributed by atoms with Gasteiger partial charge >= 0.3 is 0 Å². The van der Waals surface area contributed by atoms with Crippen LogP contribution < -0.4 is 5.32 Å². The minimum absolute atomic E-state index is 0.0350. The zero-order valence-corrected chi connectivity index (χ0v) is 10.1. The minimum atomic E-state index is -0.182. The number of aliphatic hydroxyl groups is 1. The molecule has 17 heavy (non-hydrogen) atoms. The van der Waals surface area contributed by atoms with Crippen LogP contribution in [0.2, 0.25) is 0 Å². The van der Waals surface area contributed by atoms with Crippen LogP contribution >= 0.6 is 0 Å². The second-order valence-corrected chi connectivity index (χ2v) is 3.91. The first-order valence-corrected chi connectivity index (χ1v) is 5.55. The number of anilines is 1. The Balaban J connectivity index is 2.48. The first-order valence-electron chi connectivity index (χ1n) is 5.55. The van der Waals surface area contributed by atoms with Crippen molar-refractivity contribution in [3.63, 3.8) is 0 Å². The van der Waals surface area contributed by atoms with Crippen molar-refractivity contribution >= 4 is 11.9 Å². The number of aliphatic hydroxyl groups excluding tert-OH is 1. The lowest BCUT2D eigenvalue weighted by atomic mass is 10.3. The molecule has 1 aromatic heterocycles. The lowest BCUT2D eigenvalue weighted by Gasteiger charge is -2.24. The van der Waals surface area contributed by atoms with Gasteiger partial charge in [-0.05, 0) is 19.9 Å². The fourth-order valence-corrected chi connectivity index (χ4v) is 1.36. The van der Waals surface area contributed by atoms with Gasteiger partial charge in [0.2, 0.25) is 11.9 Å². The van der Waals surface area contributed by atoms with Crippen molar-refractivity contribution in [2.75, 3.05) is 25.0 Å². The number of nitrogens with zero attached hydrogens (tertiary/aromatic N) is 3. The molecule has 0 unspecified atom stereocenters. The van der Waals surface area contributed by atoms with E-state index in [2.05, 4.69) is 15.3 Å². The normalized spacial score (nSPS) is 10.9. The van der Waals surface area contributed by atoms with Crippen LogP contribution in [0.1, 0.15) is 13.8 Å². The van der Waals surface area contributed by atoms with E-state index >= 15 is 0 Å². The lowest BCUT2D eigenvalue weighted by Crippen LogP contribution is -2.39. The average molecular weight is 238 g/mol. The Hall–Kier alpha value is -1.53. The highest BCUT2D eigenvalue weighted by Gasteiger charge is 2.13. The van der Waals surface area contributed by atoms with Gasteiger partial charge in [0.15, 0.2) is 0 Å². The predicted molar refractivity (Wildman–Crippen MR) is 64.5 cm³/mol. The van der Waals surface area contributed by atoms with E-state index in [0.717, 1.165) is 0 Å². The molecule has 0 atom stereocenters. The van der Waals surface area contributed by atoms with Crippen molar-refractivity contribution in [2.24, 2.45) is 0 Å². The SMILES string of the molecule is CC(C)N(CCO)CC(=O)Nc1ncccn1. The average Bonchev–Trinajstić information content (AvgIpc) is 2.29. The summed E-state index contributed by atoms with van der Waals surface area (Å²) in [5.41, 5.74) is 0. The summed E-state index contributed by atoms with van der Waals surface area (Å²) in [5, 5.41) is 11.5. The molecule has 1 rings (SSSR count). The van der Waals surface area contributed by atoms with Crippen LogP contribution in [0.3, 0.4) is 0 Å². The molecule has 0 fully saturated rings. The van der Waals surface area contributed by atoms with Crippen LogP contribution in [0, 0.1) is 0 Å². The number of hydrogen-bond donors (Lipinski definition) is 2. The van der Waals surface area contributed by atoms with Gasteiger partial charge in [-0.15, -0.1) is 0 Å². The van der Waals surface area contributed by atoms with Gasteiger partial charge < -0.3 is 5.11 Å². The summed E-state index contributed by atoms with van der Waals surface area (Å²) in [4.78, 5) is 21.4. The molecule has 0 saturated carbocycles. The van der Waals surface area contributed by atoms with Crippen LogP contribution in [0.15, 0.2) is 18.5 Å². The molecular weight excluding hydrogens is 220 g/mol. The van der Waals surface area contributed by atoms with Crippen molar-refractivity contribution < 1.29 is 9.90 Å². The predicted octanol–water partition coefficient (Wildman–Crippen LogP) is 0.118. The van der Waals surface area contributed by atoms with Gasteiger partial charge in [-0.3, -0.25) is 15.0 Å². The van der Waals surface area contributed by atoms with Gasteiger partial charge in [-0.2, -0.15) is 0 Å². The molecule has 6 nitrogen and oxygen atoms in total. The van der Waals surface area contributed by atoms with Crippen LogP contribution in [-0.4, -0.2) is 51.6 Å². The van der Waals surface area contributed by atoms with Gasteiger partial charge in [-0.1, -0.05) is 0 Å². The number of amides is 1. The number of nitrogens with one attached hydrogen (secondary N) is 1. The Morgan fingerprint density at radius 2 is 2.12 bits per heavy atom. The molecule has 0 aliphatic heterocycles. The molecule has 94 valence electrons. The van der Waals surface area contributed by atoms with E-state index in [0.29, 0.717) is 12.5 Å². The zero-order valence-electron chi connectivity index (χ0n) is 10.1. The maximum atomic E-state index is 11.7. The number of carbonyl (C=O) groups is 1. The summed E-state index contributed by atoms with van der Waals surface area (Å²) < 4.78 is 0. The fraction of sp³-hybridized carbons (Fsp3) is 0.545. The molecule has 0 radical (unpaired) electrons. The molecule has 0 aliphatic carbocycles. The Morgan fingerprint density at radius 1 is 1.47 bits per heavy atom. The number of aromatic nitrogens is 2. The van der Waals surface area contributed by atoms with Crippen molar-refractivity contribution in [2.45, 2.75) is 19.9 Å². The molecule has 1 aromatic rings. The van der Waals surface area contributed by atoms with E-state index in [-0.39, 0.29) is 25.1 Å². The van der Waals surface area contributed by atoms with Gasteiger partial charge in [0, 0.05) is 25.0 Å². The van der Waals surface area contributed by atoms with Crippen molar-refractivity contribution in [1.29, 1.82) is 0 Å². The van der Waals surface area contributed by atoms with Crippen molar-refractivity contribution in [3.8, 4) is 0 Å². The number of carbonyl (C=O) groups excluding carboxylic acids is 1. The van der Waals surface area contributed by atoms with E-state index in [1.54, 1.807) is 18.5 Å². The van der Waals surface area contributed by atoms with Gasteiger partial charge in [0.1, 0.15) is 0 Å². The second kappa shape index (κ2) is 6.93. The monoisotopic (exact) mass is 238 g/mol. The maximum Gasteiger partial charge on any atom is 0.240 e. The first-order chi connectivity index (χ1) is 8.13. The molecule has 2 N–H and O–H groups in total. The van der Waals surface area contributed by atoms with Crippen LogP contribution in [-0.2, 0) is 4.79 Å². The minimum Gasteiger partial charge on any atom is -0.395 e. The third-order valence-electron chi connectivity index (χ3n) is 2.28. The molecule has 6 heteroatoms. The summed E-state index contributed by atoms with van der Waals surface area (Å²) in [6.45, 7) is 4.68. The Bertz CT molecular complexity index is 343. The smallest absolute Gasteiger partial charge is 0.240 e. The van der Waals surface area contributed by atoms with Crippen molar-refractivity contribution in [3.05, 3.63) is 18.5 Å². The third kappa shape index (κ3) is 4.88. The summed E-state index contributed by atoms with van der Waals surface area (Å²) in [6.07, 6.45) is 3.13. The molecule has 0 saturated heterocycles. The number of hydrogen-bond acceptors (Lipinski definition) is 5.